The van der Waals surface area contributed by atoms with Crippen LogP contribution in [-0.4, -0.2) is 114 Å². The molecule has 18 heteroatoms. The molecule has 0 unspecified atom stereocenters. The lowest BCUT2D eigenvalue weighted by atomic mass is 9.94. The smallest absolute Gasteiger partial charge is 0.327 e. The number of benzene rings is 1. The zero-order valence-electron chi connectivity index (χ0n) is 34.8. The van der Waals surface area contributed by atoms with E-state index in [-0.39, 0.29) is 49.5 Å². The van der Waals surface area contributed by atoms with Crippen LogP contribution < -0.4 is 32.7 Å². The molecule has 18 nitrogen and oxygen atoms in total. The number of nitrogens with two attached hydrogens (primary N) is 2. The zero-order chi connectivity index (χ0) is 44.4. The molecule has 5 amide bonds. The molecule has 0 spiro atoms. The summed E-state index contributed by atoms with van der Waals surface area (Å²) in [6, 6.07) is 4.12. The average molecular weight is 825 g/mol. The molecular formula is C41H60N8O10. The van der Waals surface area contributed by atoms with Gasteiger partial charge in [-0.2, -0.15) is 0 Å². The largest absolute Gasteiger partial charge is 0.480 e. The van der Waals surface area contributed by atoms with Crippen molar-refractivity contribution in [1.29, 1.82) is 0 Å². The van der Waals surface area contributed by atoms with Crippen molar-refractivity contribution in [1.82, 2.24) is 26.2 Å². The van der Waals surface area contributed by atoms with Gasteiger partial charge < -0.3 is 52.6 Å². The van der Waals surface area contributed by atoms with E-state index >= 15 is 0 Å². The standard InChI is InChI=1S/C41H60N8O10/c1-8-31-38(54)48-34(40(57)58)26(5)36(52)46-29(15-12-20-44-41(42)43)37(53)45-28(25(4)35(51)47-30(39(55)56)18-19-33(50)49(31)6)17-16-23(2)21-24(3)32(59-7)22-27-13-10-9-11-14-27/h8-11,13-14,16-17,21,24-26,28-30,32,34H,12,15,18-20,22H2,1-7H3,(H,45,53)(H,46,52)(H,47,51)(H,48,54)(H,55,56)(H,57,58)(H4,42,43,44)/b17-16+,23-21+,31-8+/t24-,25-,26-,28-,29-,30+,32-,34+/m0/s1. The van der Waals surface area contributed by atoms with Crippen LogP contribution in [-0.2, 0) is 44.7 Å². The Hall–Kier alpha value is -6.04. The molecule has 1 aliphatic rings. The Morgan fingerprint density at radius 2 is 1.61 bits per heavy atom. The Bertz CT molecular complexity index is 1780. The van der Waals surface area contributed by atoms with Crippen molar-refractivity contribution in [3.05, 3.63) is 71.5 Å². The minimum atomic E-state index is -1.80. The number of nitrogens with zero attached hydrogens (tertiary/aromatic N) is 2. The molecule has 324 valence electrons. The molecule has 0 aromatic heterocycles. The van der Waals surface area contributed by atoms with Crippen LogP contribution in [0.1, 0.15) is 65.9 Å². The van der Waals surface area contributed by atoms with Crippen LogP contribution in [0.4, 0.5) is 0 Å². The molecule has 0 bridgehead atoms. The highest BCUT2D eigenvalue weighted by atomic mass is 16.5. The van der Waals surface area contributed by atoms with E-state index in [9.17, 15) is 43.8 Å². The second kappa shape index (κ2) is 24.0. The summed E-state index contributed by atoms with van der Waals surface area (Å²) in [5.41, 5.74) is 12.5. The molecule has 59 heavy (non-hydrogen) atoms. The highest BCUT2D eigenvalue weighted by molar-refractivity contribution is 6.00. The lowest BCUT2D eigenvalue weighted by Gasteiger charge is -2.28. The van der Waals surface area contributed by atoms with E-state index in [2.05, 4.69) is 26.3 Å². The predicted molar refractivity (Wildman–Crippen MR) is 220 cm³/mol. The van der Waals surface area contributed by atoms with Gasteiger partial charge in [0.25, 0.3) is 5.91 Å². The summed E-state index contributed by atoms with van der Waals surface area (Å²) in [4.78, 5) is 97.5. The van der Waals surface area contributed by atoms with Crippen LogP contribution in [0.25, 0.3) is 0 Å². The predicted octanol–water partition coefficient (Wildman–Crippen LogP) is 0.973. The van der Waals surface area contributed by atoms with Crippen molar-refractivity contribution in [2.24, 2.45) is 34.2 Å². The number of hydrogen-bond acceptors (Lipinski definition) is 9. The number of methoxy groups -OCH3 is 1. The third kappa shape index (κ3) is 15.7. The SMILES string of the molecule is C/C=C1\C(=O)N[C@@H](C(=O)O)[C@H](C)C(=O)N[C@@H](CCCN=C(N)N)C(=O)N[C@@H](/C=C/C(C)=C/[C@H](C)[C@H](Cc2ccccc2)OC)[C@H](C)C(=O)N[C@@H](C(=O)O)CCC(=O)N1C. The number of guanidine groups is 1. The number of ether oxygens (including phenoxy) is 1. The number of hydrogen-bond donors (Lipinski definition) is 8. The molecule has 1 saturated heterocycles. The molecule has 1 aliphatic heterocycles. The fraction of sp³-hybridized carbons (Fsp3) is 0.512. The van der Waals surface area contributed by atoms with E-state index in [0.717, 1.165) is 16.0 Å². The second-order valence-corrected chi connectivity index (χ2v) is 14.6. The number of rotatable bonds is 13. The summed E-state index contributed by atoms with van der Waals surface area (Å²) >= 11 is 0. The molecule has 10 N–H and O–H groups in total. The number of amides is 5. The van der Waals surface area contributed by atoms with Crippen LogP contribution in [0, 0.1) is 17.8 Å². The van der Waals surface area contributed by atoms with Crippen molar-refractivity contribution in [3.8, 4) is 0 Å². The number of aliphatic carboxylic acids is 2. The van der Waals surface area contributed by atoms with E-state index in [1.54, 1.807) is 19.3 Å². The minimum Gasteiger partial charge on any atom is -0.480 e. The Morgan fingerprint density at radius 1 is 0.966 bits per heavy atom. The fourth-order valence-corrected chi connectivity index (χ4v) is 6.38. The summed E-state index contributed by atoms with van der Waals surface area (Å²) < 4.78 is 5.79. The molecule has 0 radical (unpaired) electrons. The summed E-state index contributed by atoms with van der Waals surface area (Å²) in [5.74, 6) is -9.91. The van der Waals surface area contributed by atoms with Gasteiger partial charge in [-0.15, -0.1) is 0 Å². The molecule has 1 aromatic carbocycles. The van der Waals surface area contributed by atoms with E-state index in [0.29, 0.717) is 6.42 Å². The molecule has 1 fully saturated rings. The molecule has 0 saturated carbocycles. The molecule has 8 atom stereocenters. The zero-order valence-corrected chi connectivity index (χ0v) is 34.8. The van der Waals surface area contributed by atoms with Crippen LogP contribution in [0.15, 0.2) is 70.9 Å². The van der Waals surface area contributed by atoms with Crippen molar-refractivity contribution < 1.29 is 48.5 Å². The lowest BCUT2D eigenvalue weighted by Crippen LogP contribution is -2.56. The summed E-state index contributed by atoms with van der Waals surface area (Å²) in [7, 11) is 2.88. The topological polar surface area (TPSA) is 285 Å². The monoisotopic (exact) mass is 824 g/mol. The Balaban J connectivity index is 2.63. The normalized spacial score (nSPS) is 25.1. The van der Waals surface area contributed by atoms with E-state index < -0.39 is 83.9 Å². The first kappa shape index (κ1) is 49.1. The first-order valence-corrected chi connectivity index (χ1v) is 19.4. The maximum Gasteiger partial charge on any atom is 0.327 e. The van der Waals surface area contributed by atoms with Crippen LogP contribution >= 0.6 is 0 Å². The van der Waals surface area contributed by atoms with Crippen LogP contribution in [0.5, 0.6) is 0 Å². The second-order valence-electron chi connectivity index (χ2n) is 14.6. The van der Waals surface area contributed by atoms with Gasteiger partial charge in [0.1, 0.15) is 23.8 Å². The number of allylic oxidation sites excluding steroid dienone is 3. The van der Waals surface area contributed by atoms with Crippen molar-refractivity contribution in [3.63, 3.8) is 0 Å². The number of likely N-dealkylation sites (N-methyl/N-ethyl adjacent to an activating group) is 1. The van der Waals surface area contributed by atoms with Gasteiger partial charge in [-0.05, 0) is 45.1 Å². The molecular weight excluding hydrogens is 764 g/mol. The summed E-state index contributed by atoms with van der Waals surface area (Å²) in [5, 5.41) is 30.2. The quantitative estimate of drug-likeness (QED) is 0.0454. The Kier molecular flexibility index (Phi) is 20.0. The van der Waals surface area contributed by atoms with Crippen molar-refractivity contribution >= 4 is 47.4 Å². The summed E-state index contributed by atoms with van der Waals surface area (Å²) in [6.07, 6.45) is 6.35. The van der Waals surface area contributed by atoms with Gasteiger partial charge in [0, 0.05) is 33.0 Å². The van der Waals surface area contributed by atoms with Gasteiger partial charge in [-0.3, -0.25) is 29.0 Å². The highest BCUT2D eigenvalue weighted by Crippen LogP contribution is 2.19. The number of carboxylic acid groups (broad SMARTS) is 2. The van der Waals surface area contributed by atoms with E-state index in [4.69, 9.17) is 16.2 Å². The maximum absolute atomic E-state index is 14.1. The fourth-order valence-electron chi connectivity index (χ4n) is 6.38. The van der Waals surface area contributed by atoms with Crippen LogP contribution in [0.3, 0.4) is 0 Å². The first-order valence-electron chi connectivity index (χ1n) is 19.4. The van der Waals surface area contributed by atoms with Gasteiger partial charge in [0.15, 0.2) is 5.96 Å². The average Bonchev–Trinajstić information content (AvgIpc) is 3.19. The summed E-state index contributed by atoms with van der Waals surface area (Å²) in [6.45, 7) is 8.07. The van der Waals surface area contributed by atoms with E-state index in [1.165, 1.54) is 33.9 Å². The Morgan fingerprint density at radius 3 is 2.19 bits per heavy atom. The van der Waals surface area contributed by atoms with Gasteiger partial charge in [0.05, 0.1) is 24.0 Å². The number of carboxylic acids is 2. The lowest BCUT2D eigenvalue weighted by molar-refractivity contribution is -0.146. The van der Waals surface area contributed by atoms with Crippen molar-refractivity contribution in [2.75, 3.05) is 20.7 Å². The maximum atomic E-state index is 14.1. The molecule has 0 aliphatic carbocycles. The number of nitrogens with one attached hydrogen (secondary N) is 4. The van der Waals surface area contributed by atoms with Gasteiger partial charge in [-0.25, -0.2) is 9.59 Å². The van der Waals surface area contributed by atoms with Gasteiger partial charge >= 0.3 is 11.9 Å². The van der Waals surface area contributed by atoms with Crippen molar-refractivity contribution in [2.45, 2.75) is 97.0 Å². The first-order chi connectivity index (χ1) is 27.8. The molecule has 1 aromatic rings. The minimum absolute atomic E-state index is 0.0326. The van der Waals surface area contributed by atoms with E-state index in [1.807, 2.05) is 50.3 Å². The Labute approximate surface area is 344 Å². The number of carbonyl (C=O) groups excluding carboxylic acids is 5. The number of aliphatic imine (C=N–C) groups is 1. The van der Waals surface area contributed by atoms with Gasteiger partial charge in [0.2, 0.25) is 23.6 Å². The highest BCUT2D eigenvalue weighted by Gasteiger charge is 2.36. The number of carbonyl (C=O) groups is 7. The third-order valence-corrected chi connectivity index (χ3v) is 10.1. The molecule has 2 rings (SSSR count). The molecule has 1 heterocycles. The van der Waals surface area contributed by atoms with Crippen LogP contribution in [0.2, 0.25) is 0 Å². The van der Waals surface area contributed by atoms with Gasteiger partial charge in [-0.1, -0.05) is 81.0 Å². The third-order valence-electron chi connectivity index (χ3n) is 10.1.